The number of imide groups is 1. The van der Waals surface area contributed by atoms with Gasteiger partial charge < -0.3 is 10.1 Å². The molecule has 110 valence electrons. The summed E-state index contributed by atoms with van der Waals surface area (Å²) in [6, 6.07) is 0.345. The average molecular weight is 270 g/mol. The fourth-order valence-electron chi connectivity index (χ4n) is 2.84. The molecule has 0 spiro atoms. The Kier molecular flexibility index (Phi) is 5.79. The fraction of sp³-hybridized carbons (Fsp3) is 0.857. The summed E-state index contributed by atoms with van der Waals surface area (Å²) in [6.07, 6.45) is 4.03. The number of alkyl carbamates (subject to hydrolysis) is 1. The van der Waals surface area contributed by atoms with E-state index in [0.29, 0.717) is 12.0 Å². The zero-order chi connectivity index (χ0) is 14.5. The van der Waals surface area contributed by atoms with E-state index in [1.165, 1.54) is 26.4 Å². The van der Waals surface area contributed by atoms with Gasteiger partial charge in [-0.1, -0.05) is 33.6 Å². The van der Waals surface area contributed by atoms with Crippen molar-refractivity contribution >= 4 is 12.0 Å². The summed E-state index contributed by atoms with van der Waals surface area (Å²) in [5.41, 5.74) is 0.233. The van der Waals surface area contributed by atoms with Crippen LogP contribution in [0.5, 0.6) is 0 Å². The van der Waals surface area contributed by atoms with E-state index in [-0.39, 0.29) is 17.9 Å². The predicted molar refractivity (Wildman–Crippen MR) is 73.8 cm³/mol. The summed E-state index contributed by atoms with van der Waals surface area (Å²) in [5.74, 6) is 0.220. The molecule has 0 aliphatic heterocycles. The molecule has 1 aliphatic rings. The van der Waals surface area contributed by atoms with E-state index in [9.17, 15) is 9.59 Å². The van der Waals surface area contributed by atoms with Crippen LogP contribution in [0, 0.1) is 11.3 Å². The minimum atomic E-state index is -0.706. The molecular formula is C14H26N2O3. The Morgan fingerprint density at radius 3 is 2.42 bits per heavy atom. The molecule has 1 rings (SSSR count). The van der Waals surface area contributed by atoms with E-state index < -0.39 is 6.09 Å². The second kappa shape index (κ2) is 6.89. The van der Waals surface area contributed by atoms with Crippen molar-refractivity contribution in [3.05, 3.63) is 0 Å². The van der Waals surface area contributed by atoms with Crippen molar-refractivity contribution in [2.24, 2.45) is 11.3 Å². The molecule has 1 fully saturated rings. The first kappa shape index (κ1) is 16.0. The van der Waals surface area contributed by atoms with Gasteiger partial charge in [0.2, 0.25) is 5.91 Å². The number of hydrogen-bond acceptors (Lipinski definition) is 4. The predicted octanol–water partition coefficient (Wildman–Crippen LogP) is 2.06. The van der Waals surface area contributed by atoms with Crippen molar-refractivity contribution in [2.45, 2.75) is 52.5 Å². The smallest absolute Gasteiger partial charge is 0.413 e. The van der Waals surface area contributed by atoms with Gasteiger partial charge in [-0.05, 0) is 24.2 Å². The maximum Gasteiger partial charge on any atom is 0.413 e. The molecule has 0 aromatic rings. The molecule has 1 saturated carbocycles. The molecule has 0 bridgehead atoms. The van der Waals surface area contributed by atoms with Gasteiger partial charge in [0.15, 0.2) is 0 Å². The Balaban J connectivity index is 2.45. The molecule has 0 unspecified atom stereocenters. The fourth-order valence-corrected chi connectivity index (χ4v) is 2.84. The van der Waals surface area contributed by atoms with E-state index in [2.05, 4.69) is 36.1 Å². The number of hydrogen-bond donors (Lipinski definition) is 2. The summed E-state index contributed by atoms with van der Waals surface area (Å²) in [4.78, 5) is 22.5. The third kappa shape index (κ3) is 5.19. The molecule has 2 N–H and O–H groups in total. The second-order valence-electron chi connectivity index (χ2n) is 6.28. The third-order valence-corrected chi connectivity index (χ3v) is 3.83. The first-order valence-corrected chi connectivity index (χ1v) is 6.95. The first-order valence-electron chi connectivity index (χ1n) is 6.95. The Hall–Kier alpha value is -1.10. The molecule has 0 heterocycles. The van der Waals surface area contributed by atoms with Crippen LogP contribution in [0.2, 0.25) is 0 Å². The van der Waals surface area contributed by atoms with Gasteiger partial charge in [0, 0.05) is 6.04 Å². The van der Waals surface area contributed by atoms with Crippen LogP contribution in [0.1, 0.15) is 46.5 Å². The van der Waals surface area contributed by atoms with Gasteiger partial charge in [0.25, 0.3) is 0 Å². The number of carbonyl (C=O) groups is 2. The van der Waals surface area contributed by atoms with E-state index in [1.807, 2.05) is 0 Å². The highest BCUT2D eigenvalue weighted by molar-refractivity contribution is 5.92. The molecule has 5 nitrogen and oxygen atoms in total. The van der Waals surface area contributed by atoms with Gasteiger partial charge >= 0.3 is 6.09 Å². The Labute approximate surface area is 115 Å². The van der Waals surface area contributed by atoms with Crippen molar-refractivity contribution in [3.8, 4) is 0 Å². The quantitative estimate of drug-likeness (QED) is 0.823. The minimum absolute atomic E-state index is 0.159. The van der Waals surface area contributed by atoms with Gasteiger partial charge in [-0.25, -0.2) is 4.79 Å². The van der Waals surface area contributed by atoms with Crippen LogP contribution in [0.3, 0.4) is 0 Å². The van der Waals surface area contributed by atoms with Crippen LogP contribution in [0.25, 0.3) is 0 Å². The van der Waals surface area contributed by atoms with Crippen LogP contribution in [0.15, 0.2) is 0 Å². The lowest BCUT2D eigenvalue weighted by atomic mass is 9.69. The molecule has 0 radical (unpaired) electrons. The third-order valence-electron chi connectivity index (χ3n) is 3.83. The van der Waals surface area contributed by atoms with Crippen molar-refractivity contribution < 1.29 is 14.3 Å². The van der Waals surface area contributed by atoms with Crippen molar-refractivity contribution in [1.29, 1.82) is 0 Å². The lowest BCUT2D eigenvalue weighted by Crippen LogP contribution is -2.48. The number of methoxy groups -OCH3 is 1. The summed E-state index contributed by atoms with van der Waals surface area (Å²) < 4.78 is 4.39. The number of ether oxygens (including phenoxy) is 1. The lowest BCUT2D eigenvalue weighted by Gasteiger charge is -2.40. The van der Waals surface area contributed by atoms with E-state index in [1.54, 1.807) is 0 Å². The van der Waals surface area contributed by atoms with Crippen molar-refractivity contribution in [1.82, 2.24) is 10.6 Å². The molecule has 0 saturated heterocycles. The molecular weight excluding hydrogens is 244 g/mol. The molecule has 5 heteroatoms. The zero-order valence-corrected chi connectivity index (χ0v) is 12.4. The highest BCUT2D eigenvalue weighted by Crippen LogP contribution is 2.37. The summed E-state index contributed by atoms with van der Waals surface area (Å²) in [6.45, 7) is 6.89. The first-order chi connectivity index (χ1) is 8.84. The molecule has 19 heavy (non-hydrogen) atoms. The molecule has 0 aromatic carbocycles. The van der Waals surface area contributed by atoms with Crippen LogP contribution < -0.4 is 10.6 Å². The molecule has 1 aliphatic carbocycles. The van der Waals surface area contributed by atoms with Gasteiger partial charge in [-0.3, -0.25) is 10.1 Å². The largest absolute Gasteiger partial charge is 0.453 e. The number of nitrogens with one attached hydrogen (secondary N) is 2. The Morgan fingerprint density at radius 1 is 1.21 bits per heavy atom. The highest BCUT2D eigenvalue weighted by atomic mass is 16.5. The van der Waals surface area contributed by atoms with Crippen LogP contribution in [-0.2, 0) is 9.53 Å². The van der Waals surface area contributed by atoms with Crippen molar-refractivity contribution in [2.75, 3.05) is 13.7 Å². The summed E-state index contributed by atoms with van der Waals surface area (Å²) in [7, 11) is 1.24. The zero-order valence-electron chi connectivity index (χ0n) is 12.4. The van der Waals surface area contributed by atoms with Crippen molar-refractivity contribution in [3.63, 3.8) is 0 Å². The number of carbonyl (C=O) groups excluding carboxylic acids is 2. The highest BCUT2D eigenvalue weighted by Gasteiger charge is 2.33. The molecule has 2 atom stereocenters. The SMILES string of the molecule is COC(=O)NC(=O)CN[C@H]1CCCC[C@@H]1C(C)(C)C. The second-order valence-corrected chi connectivity index (χ2v) is 6.28. The van der Waals surface area contributed by atoms with E-state index in [0.717, 1.165) is 6.42 Å². The summed E-state index contributed by atoms with van der Waals surface area (Å²) in [5, 5.41) is 5.45. The molecule has 0 aromatic heterocycles. The van der Waals surface area contributed by atoms with E-state index in [4.69, 9.17) is 0 Å². The number of rotatable bonds is 3. The molecule has 2 amide bonds. The summed E-state index contributed by atoms with van der Waals surface area (Å²) >= 11 is 0. The Bertz CT molecular complexity index is 323. The minimum Gasteiger partial charge on any atom is -0.453 e. The topological polar surface area (TPSA) is 67.4 Å². The maximum atomic E-state index is 11.5. The number of amides is 2. The van der Waals surface area contributed by atoms with Crippen LogP contribution in [-0.4, -0.2) is 31.7 Å². The Morgan fingerprint density at radius 2 is 1.84 bits per heavy atom. The normalized spacial score (nSPS) is 23.8. The maximum absolute atomic E-state index is 11.5. The van der Waals surface area contributed by atoms with Gasteiger partial charge in [-0.15, -0.1) is 0 Å². The standard InChI is InChI=1S/C14H26N2O3/c1-14(2,3)10-7-5-6-8-11(10)15-9-12(17)16-13(18)19-4/h10-11,15H,5-9H2,1-4H3,(H,16,17,18)/t10-,11-/m0/s1. The average Bonchev–Trinajstić information content (AvgIpc) is 2.35. The van der Waals surface area contributed by atoms with Gasteiger partial charge in [-0.2, -0.15) is 0 Å². The lowest BCUT2D eigenvalue weighted by molar-refractivity contribution is -0.119. The van der Waals surface area contributed by atoms with E-state index >= 15 is 0 Å². The van der Waals surface area contributed by atoms with Crippen LogP contribution in [0.4, 0.5) is 4.79 Å². The van der Waals surface area contributed by atoms with Gasteiger partial charge in [0.1, 0.15) is 0 Å². The van der Waals surface area contributed by atoms with Gasteiger partial charge in [0.05, 0.1) is 13.7 Å². The monoisotopic (exact) mass is 270 g/mol. The van der Waals surface area contributed by atoms with Crippen LogP contribution >= 0.6 is 0 Å².